The molecule has 4 aromatic rings. The molecule has 0 aromatic heterocycles. The van der Waals surface area contributed by atoms with E-state index in [1.165, 1.54) is 6.92 Å². The molecule has 10 nitrogen and oxygen atoms in total. The minimum atomic E-state index is -1.38. The largest absolute Gasteiger partial charge is 0.488 e. The van der Waals surface area contributed by atoms with Gasteiger partial charge < -0.3 is 34.5 Å². The molecule has 0 unspecified atom stereocenters. The standard InChI is InChI=1S/C36H32ClN3O7/c1-36(22-41,35(42)43)21-40-18-27-13-30(37)33(15-32(27)46-19-24-5-2-4-23(12-24)16-38)47-20-26-6-3-7-28(29(26)17-39)25-8-9-31-34(14-25)45-11-10-44-31/h2-9,12-15,40-41H,10-11,18-22H2,1H3,(H,42,43)/t36-/m1/s1. The number of halogens is 1. The van der Waals surface area contributed by atoms with Gasteiger partial charge in [0.25, 0.3) is 0 Å². The van der Waals surface area contributed by atoms with E-state index in [1.54, 1.807) is 30.3 Å². The molecule has 0 fully saturated rings. The highest BCUT2D eigenvalue weighted by molar-refractivity contribution is 6.32. The molecule has 1 aliphatic heterocycles. The van der Waals surface area contributed by atoms with Crippen LogP contribution in [-0.2, 0) is 24.6 Å². The van der Waals surface area contributed by atoms with Gasteiger partial charge in [-0.1, -0.05) is 48.0 Å². The van der Waals surface area contributed by atoms with E-state index in [0.717, 1.165) is 16.7 Å². The van der Waals surface area contributed by atoms with Crippen molar-refractivity contribution in [3.63, 3.8) is 0 Å². The van der Waals surface area contributed by atoms with Crippen molar-refractivity contribution < 1.29 is 34.0 Å². The molecular formula is C36H32ClN3O7. The number of aliphatic carboxylic acids is 1. The number of nitrogens with one attached hydrogen (secondary N) is 1. The molecule has 1 atom stereocenters. The number of benzene rings is 4. The Morgan fingerprint density at radius 2 is 1.70 bits per heavy atom. The van der Waals surface area contributed by atoms with Crippen LogP contribution in [0.5, 0.6) is 23.0 Å². The number of aliphatic hydroxyl groups is 1. The van der Waals surface area contributed by atoms with Crippen LogP contribution < -0.4 is 24.3 Å². The predicted molar refractivity (Wildman–Crippen MR) is 173 cm³/mol. The lowest BCUT2D eigenvalue weighted by Gasteiger charge is -2.23. The minimum absolute atomic E-state index is 0.00496. The van der Waals surface area contributed by atoms with Gasteiger partial charge in [0.2, 0.25) is 0 Å². The lowest BCUT2D eigenvalue weighted by atomic mass is 9.92. The summed E-state index contributed by atoms with van der Waals surface area (Å²) in [6.45, 7) is 2.21. The third-order valence-corrected chi connectivity index (χ3v) is 8.06. The number of aliphatic hydroxyl groups excluding tert-OH is 1. The number of hydrogen-bond donors (Lipinski definition) is 3. The van der Waals surface area contributed by atoms with Gasteiger partial charge in [0, 0.05) is 30.3 Å². The van der Waals surface area contributed by atoms with Crippen LogP contribution in [0.2, 0.25) is 5.02 Å². The first-order chi connectivity index (χ1) is 22.7. The molecule has 0 spiro atoms. The van der Waals surface area contributed by atoms with Gasteiger partial charge in [0.15, 0.2) is 11.5 Å². The smallest absolute Gasteiger partial charge is 0.313 e. The summed E-state index contributed by atoms with van der Waals surface area (Å²) in [6, 6.07) is 25.9. The van der Waals surface area contributed by atoms with Crippen molar-refractivity contribution in [1.29, 1.82) is 10.5 Å². The Kier molecular flexibility index (Phi) is 10.5. The fourth-order valence-corrected chi connectivity index (χ4v) is 5.22. The van der Waals surface area contributed by atoms with Gasteiger partial charge in [-0.25, -0.2) is 0 Å². The van der Waals surface area contributed by atoms with Gasteiger partial charge in [-0.3, -0.25) is 4.79 Å². The van der Waals surface area contributed by atoms with Crippen LogP contribution in [0, 0.1) is 28.1 Å². The Morgan fingerprint density at radius 1 is 0.936 bits per heavy atom. The minimum Gasteiger partial charge on any atom is -0.488 e. The third-order valence-electron chi connectivity index (χ3n) is 7.76. The maximum absolute atomic E-state index is 11.6. The lowest BCUT2D eigenvalue weighted by molar-refractivity contribution is -0.149. The summed E-state index contributed by atoms with van der Waals surface area (Å²) < 4.78 is 23.7. The SMILES string of the molecule is C[C@](CO)(CNCc1cc(Cl)c(OCc2cccc(-c3ccc4c(c3)OCCO4)c2C#N)cc1OCc1cccc(C#N)c1)C(=O)O. The molecule has 0 radical (unpaired) electrons. The predicted octanol–water partition coefficient (Wildman–Crippen LogP) is 5.85. The molecule has 0 amide bonds. The van der Waals surface area contributed by atoms with Crippen molar-refractivity contribution in [2.75, 3.05) is 26.4 Å². The third kappa shape index (κ3) is 7.76. The van der Waals surface area contributed by atoms with Crippen molar-refractivity contribution in [3.8, 4) is 46.3 Å². The molecule has 0 saturated carbocycles. The molecule has 5 rings (SSSR count). The summed E-state index contributed by atoms with van der Waals surface area (Å²) in [7, 11) is 0. The Balaban J connectivity index is 1.39. The second-order valence-electron chi connectivity index (χ2n) is 11.2. The van der Waals surface area contributed by atoms with Gasteiger partial charge in [0.05, 0.1) is 28.8 Å². The van der Waals surface area contributed by atoms with E-state index in [4.69, 9.17) is 30.5 Å². The Bertz CT molecular complexity index is 1870. The van der Waals surface area contributed by atoms with E-state index in [2.05, 4.69) is 17.5 Å². The molecular weight excluding hydrogens is 622 g/mol. The second kappa shape index (κ2) is 14.9. The Hall–Kier alpha value is -5.26. The van der Waals surface area contributed by atoms with E-state index < -0.39 is 18.0 Å². The van der Waals surface area contributed by atoms with Crippen molar-refractivity contribution in [2.45, 2.75) is 26.7 Å². The molecule has 11 heteroatoms. The first-order valence-corrected chi connectivity index (χ1v) is 15.2. The molecule has 0 bridgehead atoms. The average Bonchev–Trinajstić information content (AvgIpc) is 3.10. The maximum Gasteiger partial charge on any atom is 0.313 e. The first kappa shape index (κ1) is 33.1. The normalized spacial score (nSPS) is 13.1. The summed E-state index contributed by atoms with van der Waals surface area (Å²) in [5.41, 5.74) is 3.14. The number of ether oxygens (including phenoxy) is 4. The van der Waals surface area contributed by atoms with Gasteiger partial charge in [0.1, 0.15) is 49.4 Å². The Labute approximate surface area is 277 Å². The molecule has 0 aliphatic carbocycles. The molecule has 47 heavy (non-hydrogen) atoms. The molecule has 0 saturated heterocycles. The quantitative estimate of drug-likeness (QED) is 0.160. The van der Waals surface area contributed by atoms with E-state index in [9.17, 15) is 25.5 Å². The van der Waals surface area contributed by atoms with Crippen LogP contribution in [-0.4, -0.2) is 42.5 Å². The zero-order chi connectivity index (χ0) is 33.4. The van der Waals surface area contributed by atoms with Crippen molar-refractivity contribution in [3.05, 3.63) is 106 Å². The average molecular weight is 654 g/mol. The Morgan fingerprint density at radius 3 is 2.45 bits per heavy atom. The van der Waals surface area contributed by atoms with E-state index in [0.29, 0.717) is 58.5 Å². The number of hydrogen-bond acceptors (Lipinski definition) is 9. The maximum atomic E-state index is 11.6. The molecule has 4 aromatic carbocycles. The van der Waals surface area contributed by atoms with Crippen molar-refractivity contribution >= 4 is 17.6 Å². The monoisotopic (exact) mass is 653 g/mol. The lowest BCUT2D eigenvalue weighted by Crippen LogP contribution is -2.41. The summed E-state index contributed by atoms with van der Waals surface area (Å²) in [4.78, 5) is 11.6. The van der Waals surface area contributed by atoms with Crippen LogP contribution in [0.4, 0.5) is 0 Å². The van der Waals surface area contributed by atoms with Crippen LogP contribution in [0.15, 0.2) is 72.8 Å². The summed E-state index contributed by atoms with van der Waals surface area (Å²) in [5.74, 6) is 0.891. The number of rotatable bonds is 13. The number of carboxylic acid groups (broad SMARTS) is 1. The summed E-state index contributed by atoms with van der Waals surface area (Å²) in [5, 5.41) is 41.9. The van der Waals surface area contributed by atoms with Crippen molar-refractivity contribution in [2.24, 2.45) is 5.41 Å². The van der Waals surface area contributed by atoms with Gasteiger partial charge in [-0.05, 0) is 53.9 Å². The number of carbonyl (C=O) groups is 1. The number of nitriles is 2. The highest BCUT2D eigenvalue weighted by atomic mass is 35.5. The van der Waals surface area contributed by atoms with Crippen molar-refractivity contribution in [1.82, 2.24) is 5.32 Å². The molecule has 1 heterocycles. The first-order valence-electron chi connectivity index (χ1n) is 14.8. The number of fused-ring (bicyclic) bond motifs is 1. The van der Waals surface area contributed by atoms with Crippen LogP contribution in [0.3, 0.4) is 0 Å². The van der Waals surface area contributed by atoms with Gasteiger partial charge in [-0.2, -0.15) is 10.5 Å². The summed E-state index contributed by atoms with van der Waals surface area (Å²) >= 11 is 6.67. The van der Waals surface area contributed by atoms with Crippen LogP contribution in [0.25, 0.3) is 11.1 Å². The summed E-state index contributed by atoms with van der Waals surface area (Å²) in [6.07, 6.45) is 0. The molecule has 1 aliphatic rings. The van der Waals surface area contributed by atoms with Gasteiger partial charge in [-0.15, -0.1) is 0 Å². The fourth-order valence-electron chi connectivity index (χ4n) is 4.98. The number of nitrogens with zero attached hydrogens (tertiary/aromatic N) is 2. The second-order valence-corrected chi connectivity index (χ2v) is 11.6. The van der Waals surface area contributed by atoms with Gasteiger partial charge >= 0.3 is 5.97 Å². The van der Waals surface area contributed by atoms with Crippen LogP contribution >= 0.6 is 11.6 Å². The highest BCUT2D eigenvalue weighted by Crippen LogP contribution is 2.37. The van der Waals surface area contributed by atoms with E-state index >= 15 is 0 Å². The zero-order valence-electron chi connectivity index (χ0n) is 25.6. The zero-order valence-corrected chi connectivity index (χ0v) is 26.3. The topological polar surface area (TPSA) is 154 Å². The fraction of sp³-hybridized carbons (Fsp3) is 0.250. The molecule has 3 N–H and O–H groups in total. The molecule has 240 valence electrons. The van der Waals surface area contributed by atoms with E-state index in [1.807, 2.05) is 42.5 Å². The number of carboxylic acids is 1. The highest BCUT2D eigenvalue weighted by Gasteiger charge is 2.32. The van der Waals surface area contributed by atoms with Crippen LogP contribution in [0.1, 0.15) is 34.7 Å². The van der Waals surface area contributed by atoms with E-state index in [-0.39, 0.29) is 31.3 Å².